The van der Waals surface area contributed by atoms with Crippen molar-refractivity contribution in [2.24, 2.45) is 0 Å². The zero-order valence-corrected chi connectivity index (χ0v) is 16.2. The monoisotopic (exact) mass is 407 g/mol. The second kappa shape index (κ2) is 8.17. The SMILES string of the molecule is CN(C(=O)CN(CC(=O)O)c1ccc(Cl)cc1Cl)N1Cc2ccccc2C1. The van der Waals surface area contributed by atoms with Crippen LogP contribution in [0.15, 0.2) is 42.5 Å². The van der Waals surface area contributed by atoms with Crippen LogP contribution in [0.5, 0.6) is 0 Å². The van der Waals surface area contributed by atoms with E-state index in [-0.39, 0.29) is 19.0 Å². The van der Waals surface area contributed by atoms with Gasteiger partial charge in [0.2, 0.25) is 0 Å². The molecule has 3 rings (SSSR count). The minimum atomic E-state index is -1.05. The highest BCUT2D eigenvalue weighted by Crippen LogP contribution is 2.29. The van der Waals surface area contributed by atoms with Gasteiger partial charge in [-0.05, 0) is 29.3 Å². The van der Waals surface area contributed by atoms with Crippen molar-refractivity contribution in [2.75, 3.05) is 25.0 Å². The average Bonchev–Trinajstić information content (AvgIpc) is 3.04. The maximum atomic E-state index is 12.8. The van der Waals surface area contributed by atoms with Gasteiger partial charge in [0.1, 0.15) is 6.54 Å². The summed E-state index contributed by atoms with van der Waals surface area (Å²) in [6, 6.07) is 12.8. The summed E-state index contributed by atoms with van der Waals surface area (Å²) >= 11 is 12.1. The number of carbonyl (C=O) groups excluding carboxylic acids is 1. The Bertz CT molecular complexity index is 850. The number of carboxylic acids is 1. The normalized spacial score (nSPS) is 13.3. The van der Waals surface area contributed by atoms with Gasteiger partial charge in [-0.15, -0.1) is 0 Å². The van der Waals surface area contributed by atoms with Gasteiger partial charge in [-0.1, -0.05) is 47.5 Å². The van der Waals surface area contributed by atoms with Gasteiger partial charge >= 0.3 is 5.97 Å². The van der Waals surface area contributed by atoms with Gasteiger partial charge in [-0.25, -0.2) is 5.01 Å². The summed E-state index contributed by atoms with van der Waals surface area (Å²) in [6.45, 7) is 0.816. The van der Waals surface area contributed by atoms with Crippen LogP contribution in [0.25, 0.3) is 0 Å². The fourth-order valence-electron chi connectivity index (χ4n) is 3.08. The number of likely N-dealkylation sites (N-methyl/N-ethyl adjacent to an activating group) is 1. The third-order valence-corrected chi connectivity index (χ3v) is 5.05. The number of hydrazine groups is 1. The number of carboxylic acid groups (broad SMARTS) is 1. The van der Waals surface area contributed by atoms with E-state index in [9.17, 15) is 14.7 Å². The third-order valence-electron chi connectivity index (χ3n) is 4.51. The lowest BCUT2D eigenvalue weighted by Crippen LogP contribution is -2.46. The van der Waals surface area contributed by atoms with E-state index in [0.717, 1.165) is 0 Å². The van der Waals surface area contributed by atoms with Crippen LogP contribution in [0, 0.1) is 0 Å². The number of carbonyl (C=O) groups is 2. The van der Waals surface area contributed by atoms with Gasteiger partial charge in [0.15, 0.2) is 0 Å². The van der Waals surface area contributed by atoms with Crippen LogP contribution in [0.2, 0.25) is 10.0 Å². The van der Waals surface area contributed by atoms with Crippen molar-refractivity contribution in [1.82, 2.24) is 10.0 Å². The summed E-state index contributed by atoms with van der Waals surface area (Å²) in [4.78, 5) is 25.5. The first kappa shape index (κ1) is 19.5. The summed E-state index contributed by atoms with van der Waals surface area (Å²) in [5, 5.41) is 13.4. The molecule has 0 radical (unpaired) electrons. The number of aliphatic carboxylic acids is 1. The summed E-state index contributed by atoms with van der Waals surface area (Å²) in [6.07, 6.45) is 0. The van der Waals surface area contributed by atoms with Crippen LogP contribution in [0.3, 0.4) is 0 Å². The number of benzene rings is 2. The average molecular weight is 408 g/mol. The molecule has 1 amide bonds. The van der Waals surface area contributed by atoms with Gasteiger partial charge in [0, 0.05) is 25.2 Å². The molecule has 1 heterocycles. The van der Waals surface area contributed by atoms with Crippen molar-refractivity contribution in [3.63, 3.8) is 0 Å². The minimum absolute atomic E-state index is 0.114. The molecule has 1 N–H and O–H groups in total. The predicted molar refractivity (Wildman–Crippen MR) is 105 cm³/mol. The molecule has 0 atom stereocenters. The van der Waals surface area contributed by atoms with Crippen LogP contribution in [-0.4, -0.2) is 47.1 Å². The Labute approximate surface area is 167 Å². The van der Waals surface area contributed by atoms with Crippen LogP contribution < -0.4 is 4.90 Å². The lowest BCUT2D eigenvalue weighted by Gasteiger charge is -2.31. The highest BCUT2D eigenvalue weighted by molar-refractivity contribution is 6.36. The molecule has 0 bridgehead atoms. The van der Waals surface area contributed by atoms with E-state index >= 15 is 0 Å². The van der Waals surface area contributed by atoms with Crippen LogP contribution in [-0.2, 0) is 22.7 Å². The van der Waals surface area contributed by atoms with Crippen LogP contribution >= 0.6 is 23.2 Å². The fraction of sp³-hybridized carbons (Fsp3) is 0.263. The standard InChI is InChI=1S/C19H19Cl2N3O3/c1-22(24-9-13-4-2-3-5-14(13)10-24)18(25)11-23(12-19(26)27)17-7-6-15(20)8-16(17)21/h2-8H,9-12H2,1H3,(H,26,27). The summed E-state index contributed by atoms with van der Waals surface area (Å²) in [7, 11) is 1.69. The van der Waals surface area contributed by atoms with E-state index in [2.05, 4.69) is 0 Å². The molecule has 142 valence electrons. The summed E-state index contributed by atoms with van der Waals surface area (Å²) in [5.41, 5.74) is 2.82. The van der Waals surface area contributed by atoms with Crippen LogP contribution in [0.4, 0.5) is 5.69 Å². The first-order valence-electron chi connectivity index (χ1n) is 8.35. The predicted octanol–water partition coefficient (Wildman–Crippen LogP) is 3.27. The van der Waals surface area contributed by atoms with Gasteiger partial charge in [0.25, 0.3) is 5.91 Å². The number of rotatable bonds is 6. The molecule has 0 spiro atoms. The molecular formula is C19H19Cl2N3O3. The molecule has 0 saturated heterocycles. The molecule has 27 heavy (non-hydrogen) atoms. The largest absolute Gasteiger partial charge is 0.480 e. The molecule has 2 aromatic rings. The Morgan fingerprint density at radius 3 is 2.26 bits per heavy atom. The molecule has 8 heteroatoms. The lowest BCUT2D eigenvalue weighted by atomic mass is 10.1. The van der Waals surface area contributed by atoms with Crippen molar-refractivity contribution < 1.29 is 14.7 Å². The molecule has 2 aromatic carbocycles. The molecule has 0 saturated carbocycles. The molecule has 0 fully saturated rings. The van der Waals surface area contributed by atoms with E-state index in [0.29, 0.717) is 28.8 Å². The number of halogens is 2. The van der Waals surface area contributed by atoms with E-state index in [1.165, 1.54) is 22.1 Å². The maximum absolute atomic E-state index is 12.8. The molecular weight excluding hydrogens is 389 g/mol. The van der Waals surface area contributed by atoms with Crippen molar-refractivity contribution in [2.45, 2.75) is 13.1 Å². The zero-order chi connectivity index (χ0) is 19.6. The Morgan fingerprint density at radius 2 is 1.70 bits per heavy atom. The first-order chi connectivity index (χ1) is 12.8. The van der Waals surface area contributed by atoms with Crippen molar-refractivity contribution in [3.05, 3.63) is 63.6 Å². The number of hydrogen-bond donors (Lipinski definition) is 1. The Morgan fingerprint density at radius 1 is 1.07 bits per heavy atom. The van der Waals surface area contributed by atoms with Crippen molar-refractivity contribution >= 4 is 40.8 Å². The van der Waals surface area contributed by atoms with Crippen LogP contribution in [0.1, 0.15) is 11.1 Å². The number of nitrogens with zero attached hydrogens (tertiary/aromatic N) is 3. The summed E-state index contributed by atoms with van der Waals surface area (Å²) < 4.78 is 0. The second-order valence-electron chi connectivity index (χ2n) is 6.35. The highest BCUT2D eigenvalue weighted by Gasteiger charge is 2.27. The van der Waals surface area contributed by atoms with Gasteiger partial charge in [0.05, 0.1) is 17.3 Å². The highest BCUT2D eigenvalue weighted by atomic mass is 35.5. The van der Waals surface area contributed by atoms with E-state index in [1.54, 1.807) is 24.2 Å². The molecule has 0 aromatic heterocycles. The van der Waals surface area contributed by atoms with Gasteiger partial charge in [-0.3, -0.25) is 14.6 Å². The smallest absolute Gasteiger partial charge is 0.323 e. The van der Waals surface area contributed by atoms with E-state index in [1.807, 2.05) is 29.3 Å². The molecule has 0 unspecified atom stereocenters. The van der Waals surface area contributed by atoms with E-state index < -0.39 is 5.97 Å². The Balaban J connectivity index is 1.73. The topological polar surface area (TPSA) is 64.1 Å². The third kappa shape index (κ3) is 4.53. The number of fused-ring (bicyclic) bond motifs is 1. The second-order valence-corrected chi connectivity index (χ2v) is 7.20. The van der Waals surface area contributed by atoms with Gasteiger partial charge in [-0.2, -0.15) is 0 Å². The van der Waals surface area contributed by atoms with Gasteiger partial charge < -0.3 is 10.0 Å². The zero-order valence-electron chi connectivity index (χ0n) is 14.7. The minimum Gasteiger partial charge on any atom is -0.480 e. The molecule has 0 aliphatic carbocycles. The molecule has 6 nitrogen and oxygen atoms in total. The number of hydrogen-bond acceptors (Lipinski definition) is 4. The van der Waals surface area contributed by atoms with Crippen molar-refractivity contribution in [3.8, 4) is 0 Å². The number of amides is 1. The first-order valence-corrected chi connectivity index (χ1v) is 9.10. The molecule has 1 aliphatic rings. The Kier molecular flexibility index (Phi) is 5.89. The van der Waals surface area contributed by atoms with Crippen molar-refractivity contribution in [1.29, 1.82) is 0 Å². The lowest BCUT2D eigenvalue weighted by molar-refractivity contribution is -0.145. The fourth-order valence-corrected chi connectivity index (χ4v) is 3.61. The summed E-state index contributed by atoms with van der Waals surface area (Å²) in [5.74, 6) is -1.28. The Hall–Kier alpha value is -2.28. The maximum Gasteiger partial charge on any atom is 0.323 e. The molecule has 1 aliphatic heterocycles. The van der Waals surface area contributed by atoms with E-state index in [4.69, 9.17) is 23.2 Å². The number of anilines is 1. The quantitative estimate of drug-likeness (QED) is 0.795.